The monoisotopic (exact) mass is 272 g/mol. The van der Waals surface area contributed by atoms with Gasteiger partial charge < -0.3 is 10.2 Å². The number of amides is 1. The molecule has 2 bridgehead atoms. The van der Waals surface area contributed by atoms with E-state index in [0.717, 1.165) is 37.0 Å². The summed E-state index contributed by atoms with van der Waals surface area (Å²) >= 11 is 0. The number of nitrogens with one attached hydrogen (secondary N) is 1. The summed E-state index contributed by atoms with van der Waals surface area (Å²) < 4.78 is 0. The second-order valence-electron chi connectivity index (χ2n) is 6.32. The summed E-state index contributed by atoms with van der Waals surface area (Å²) in [6, 6.07) is 8.05. The lowest BCUT2D eigenvalue weighted by molar-refractivity contribution is 0.0739. The van der Waals surface area contributed by atoms with Crippen LogP contribution in [0, 0.1) is 11.8 Å². The van der Waals surface area contributed by atoms with Crippen molar-refractivity contribution >= 4 is 5.91 Å². The fourth-order valence-corrected chi connectivity index (χ4v) is 3.61. The van der Waals surface area contributed by atoms with Crippen LogP contribution in [-0.4, -0.2) is 30.9 Å². The van der Waals surface area contributed by atoms with Crippen LogP contribution < -0.4 is 5.32 Å². The number of fused-ring (bicyclic) bond motifs is 4. The van der Waals surface area contributed by atoms with Crippen LogP contribution in [0.25, 0.3) is 0 Å². The number of carbonyl (C=O) groups is 1. The Kier molecular flexibility index (Phi) is 4.06. The van der Waals surface area contributed by atoms with Gasteiger partial charge in [-0.3, -0.25) is 4.79 Å². The van der Waals surface area contributed by atoms with Crippen LogP contribution in [0.15, 0.2) is 24.3 Å². The molecule has 1 aromatic carbocycles. The molecule has 0 atom stereocenters. The summed E-state index contributed by atoms with van der Waals surface area (Å²) in [4.78, 5) is 14.8. The average molecular weight is 272 g/mol. The van der Waals surface area contributed by atoms with E-state index < -0.39 is 0 Å². The molecule has 1 aliphatic carbocycles. The van der Waals surface area contributed by atoms with Gasteiger partial charge in [-0.05, 0) is 62.3 Å². The van der Waals surface area contributed by atoms with Gasteiger partial charge in [0.15, 0.2) is 0 Å². The number of hydrogen-bond donors (Lipinski definition) is 1. The van der Waals surface area contributed by atoms with Gasteiger partial charge in [0.05, 0.1) is 0 Å². The molecule has 3 fully saturated rings. The van der Waals surface area contributed by atoms with Gasteiger partial charge in [-0.25, -0.2) is 0 Å². The minimum Gasteiger partial charge on any atom is -0.338 e. The Morgan fingerprint density at radius 2 is 1.65 bits per heavy atom. The molecule has 1 saturated carbocycles. The Hall–Kier alpha value is -1.35. The van der Waals surface area contributed by atoms with E-state index in [1.807, 2.05) is 19.2 Å². The first-order valence-electron chi connectivity index (χ1n) is 7.79. The van der Waals surface area contributed by atoms with E-state index in [-0.39, 0.29) is 5.91 Å². The molecular weight excluding hydrogens is 248 g/mol. The Labute approximate surface area is 121 Å². The van der Waals surface area contributed by atoms with Gasteiger partial charge in [0.25, 0.3) is 5.91 Å². The van der Waals surface area contributed by atoms with E-state index in [0.29, 0.717) is 0 Å². The molecule has 108 valence electrons. The van der Waals surface area contributed by atoms with E-state index in [2.05, 4.69) is 22.3 Å². The molecule has 2 heterocycles. The van der Waals surface area contributed by atoms with Gasteiger partial charge in [-0.2, -0.15) is 0 Å². The van der Waals surface area contributed by atoms with Crippen LogP contribution in [0.2, 0.25) is 0 Å². The van der Waals surface area contributed by atoms with Crippen LogP contribution in [0.1, 0.15) is 41.6 Å². The van der Waals surface area contributed by atoms with E-state index in [1.165, 1.54) is 31.2 Å². The second-order valence-corrected chi connectivity index (χ2v) is 6.32. The highest BCUT2D eigenvalue weighted by Crippen LogP contribution is 2.34. The molecule has 20 heavy (non-hydrogen) atoms. The fraction of sp³-hybridized carbons (Fsp3) is 0.588. The van der Waals surface area contributed by atoms with Gasteiger partial charge in [-0.1, -0.05) is 12.1 Å². The van der Waals surface area contributed by atoms with E-state index in [4.69, 9.17) is 0 Å². The van der Waals surface area contributed by atoms with Gasteiger partial charge in [0, 0.05) is 25.2 Å². The minimum atomic E-state index is 0.222. The highest BCUT2D eigenvalue weighted by atomic mass is 16.2. The zero-order chi connectivity index (χ0) is 13.9. The Bertz CT molecular complexity index is 446. The smallest absolute Gasteiger partial charge is 0.253 e. The van der Waals surface area contributed by atoms with E-state index in [9.17, 15) is 4.79 Å². The van der Waals surface area contributed by atoms with Crippen molar-refractivity contribution in [3.63, 3.8) is 0 Å². The highest BCUT2D eigenvalue weighted by molar-refractivity contribution is 5.94. The lowest BCUT2D eigenvalue weighted by Crippen LogP contribution is -2.34. The average Bonchev–Trinajstić information content (AvgIpc) is 2.81. The molecule has 2 aliphatic heterocycles. The zero-order valence-electron chi connectivity index (χ0n) is 12.3. The van der Waals surface area contributed by atoms with Crippen molar-refractivity contribution < 1.29 is 4.79 Å². The third-order valence-corrected chi connectivity index (χ3v) is 4.79. The van der Waals surface area contributed by atoms with Crippen LogP contribution in [0.3, 0.4) is 0 Å². The number of benzene rings is 1. The maximum atomic E-state index is 12.7. The number of carbonyl (C=O) groups excluding carboxylic acids is 1. The first kappa shape index (κ1) is 13.6. The topological polar surface area (TPSA) is 32.3 Å². The van der Waals surface area contributed by atoms with Gasteiger partial charge in [-0.15, -0.1) is 0 Å². The van der Waals surface area contributed by atoms with Crippen molar-refractivity contribution in [3.05, 3.63) is 35.4 Å². The summed E-state index contributed by atoms with van der Waals surface area (Å²) in [6.07, 6.45) is 5.26. The molecule has 0 aromatic heterocycles. The molecule has 2 saturated heterocycles. The third-order valence-electron chi connectivity index (χ3n) is 4.79. The normalized spacial score (nSPS) is 25.6. The van der Waals surface area contributed by atoms with Crippen molar-refractivity contribution in [2.24, 2.45) is 11.8 Å². The third kappa shape index (κ3) is 2.88. The second kappa shape index (κ2) is 5.96. The fourth-order valence-electron chi connectivity index (χ4n) is 3.61. The Morgan fingerprint density at radius 1 is 1.10 bits per heavy atom. The van der Waals surface area contributed by atoms with Crippen molar-refractivity contribution in [1.82, 2.24) is 10.2 Å². The van der Waals surface area contributed by atoms with Crippen LogP contribution >= 0.6 is 0 Å². The van der Waals surface area contributed by atoms with E-state index >= 15 is 0 Å². The summed E-state index contributed by atoms with van der Waals surface area (Å²) in [5, 5.41) is 3.13. The van der Waals surface area contributed by atoms with Crippen molar-refractivity contribution in [3.8, 4) is 0 Å². The molecule has 4 rings (SSSR count). The summed E-state index contributed by atoms with van der Waals surface area (Å²) in [5.74, 6) is 1.70. The quantitative estimate of drug-likeness (QED) is 0.917. The molecule has 3 nitrogen and oxygen atoms in total. The molecule has 0 radical (unpaired) electrons. The largest absolute Gasteiger partial charge is 0.338 e. The van der Waals surface area contributed by atoms with Crippen molar-refractivity contribution in [1.29, 1.82) is 0 Å². The van der Waals surface area contributed by atoms with Crippen LogP contribution in [0.5, 0.6) is 0 Å². The lowest BCUT2D eigenvalue weighted by atomic mass is 9.84. The lowest BCUT2D eigenvalue weighted by Gasteiger charge is -2.22. The van der Waals surface area contributed by atoms with E-state index in [1.54, 1.807) is 0 Å². The van der Waals surface area contributed by atoms with Gasteiger partial charge in [0.1, 0.15) is 0 Å². The molecule has 0 unspecified atom stereocenters. The Morgan fingerprint density at radius 3 is 2.15 bits per heavy atom. The van der Waals surface area contributed by atoms with Gasteiger partial charge in [0.2, 0.25) is 0 Å². The standard InChI is InChI=1S/C17H24N2O/c1-18-10-13-6-8-16(9-7-13)17(20)19-11-14-2-3-15(12-19)5-4-14/h6-9,14-15,18H,2-5,10-12H2,1H3. The summed E-state index contributed by atoms with van der Waals surface area (Å²) in [5.41, 5.74) is 2.06. The number of rotatable bonds is 3. The van der Waals surface area contributed by atoms with Crippen LogP contribution in [0.4, 0.5) is 0 Å². The number of nitrogens with zero attached hydrogens (tertiary/aromatic N) is 1. The minimum absolute atomic E-state index is 0.222. The Balaban J connectivity index is 1.71. The van der Waals surface area contributed by atoms with Crippen LogP contribution in [-0.2, 0) is 6.54 Å². The molecular formula is C17H24N2O. The summed E-state index contributed by atoms with van der Waals surface area (Å²) in [6.45, 7) is 2.78. The molecule has 3 aliphatic rings. The highest BCUT2D eigenvalue weighted by Gasteiger charge is 2.31. The predicted octanol–water partition coefficient (Wildman–Crippen LogP) is 2.67. The molecule has 1 amide bonds. The zero-order valence-corrected chi connectivity index (χ0v) is 12.3. The predicted molar refractivity (Wildman–Crippen MR) is 80.6 cm³/mol. The molecule has 1 aromatic rings. The maximum absolute atomic E-state index is 12.7. The summed E-state index contributed by atoms with van der Waals surface area (Å²) in [7, 11) is 1.94. The molecule has 1 N–H and O–H groups in total. The van der Waals surface area contributed by atoms with Crippen molar-refractivity contribution in [2.45, 2.75) is 32.2 Å². The first-order valence-corrected chi connectivity index (χ1v) is 7.79. The first-order chi connectivity index (χ1) is 9.76. The molecule has 0 spiro atoms. The maximum Gasteiger partial charge on any atom is 0.253 e. The molecule has 3 heteroatoms. The van der Waals surface area contributed by atoms with Gasteiger partial charge >= 0.3 is 0 Å². The number of hydrogen-bond acceptors (Lipinski definition) is 2. The SMILES string of the molecule is CNCc1ccc(C(=O)N2CC3CCC(CC3)C2)cc1. The van der Waals surface area contributed by atoms with Crippen molar-refractivity contribution in [2.75, 3.05) is 20.1 Å².